The normalized spacial score (nSPS) is 25.5. The van der Waals surface area contributed by atoms with E-state index in [1.165, 1.54) is 0 Å². The third-order valence-corrected chi connectivity index (χ3v) is 4.85. The lowest BCUT2D eigenvalue weighted by molar-refractivity contribution is -0.129. The number of carbonyl (C=O) groups is 1. The fourth-order valence-electron chi connectivity index (χ4n) is 3.61. The summed E-state index contributed by atoms with van der Waals surface area (Å²) in [4.78, 5) is 21.5. The topological polar surface area (TPSA) is 92.2 Å². The molecule has 0 aliphatic carbocycles. The fraction of sp³-hybridized carbons (Fsp3) is 0.625. The summed E-state index contributed by atoms with van der Waals surface area (Å²) in [5, 5.41) is 11.3. The van der Waals surface area contributed by atoms with Crippen LogP contribution < -0.4 is 4.90 Å². The van der Waals surface area contributed by atoms with Crippen molar-refractivity contribution < 1.29 is 9.53 Å². The van der Waals surface area contributed by atoms with Gasteiger partial charge in [-0.05, 0) is 19.8 Å². The molecule has 9 nitrogen and oxygen atoms in total. The monoisotopic (exact) mass is 345 g/mol. The zero-order chi connectivity index (χ0) is 17.4. The van der Waals surface area contributed by atoms with Gasteiger partial charge in [0, 0.05) is 32.9 Å². The summed E-state index contributed by atoms with van der Waals surface area (Å²) >= 11 is 0. The summed E-state index contributed by atoms with van der Waals surface area (Å²) in [7, 11) is 1.86. The van der Waals surface area contributed by atoms with Gasteiger partial charge in [0.1, 0.15) is 11.9 Å². The number of H-pyrrole nitrogens is 1. The molecule has 2 fully saturated rings. The fourth-order valence-corrected chi connectivity index (χ4v) is 3.61. The molecule has 25 heavy (non-hydrogen) atoms. The van der Waals surface area contributed by atoms with E-state index < -0.39 is 0 Å². The predicted molar refractivity (Wildman–Crippen MR) is 90.0 cm³/mol. The Hall–Kier alpha value is -2.26. The summed E-state index contributed by atoms with van der Waals surface area (Å²) in [6, 6.07) is -0.125. The van der Waals surface area contributed by atoms with Gasteiger partial charge in [-0.1, -0.05) is 0 Å². The largest absolute Gasteiger partial charge is 0.367 e. The number of anilines is 1. The van der Waals surface area contributed by atoms with Crippen molar-refractivity contribution in [2.24, 2.45) is 7.05 Å². The lowest BCUT2D eigenvalue weighted by atomic mass is 10.0. The second kappa shape index (κ2) is 6.57. The van der Waals surface area contributed by atoms with Crippen LogP contribution in [-0.2, 0) is 16.6 Å². The number of hydrogen-bond acceptors (Lipinski definition) is 6. The molecular formula is C16H23N7O2. The Morgan fingerprint density at radius 3 is 2.96 bits per heavy atom. The van der Waals surface area contributed by atoms with Crippen molar-refractivity contribution >= 4 is 11.6 Å². The summed E-state index contributed by atoms with van der Waals surface area (Å²) in [5.74, 6) is 1.58. The molecule has 0 aromatic carbocycles. The van der Waals surface area contributed by atoms with Crippen molar-refractivity contribution in [3.63, 3.8) is 0 Å². The van der Waals surface area contributed by atoms with E-state index >= 15 is 0 Å². The van der Waals surface area contributed by atoms with Crippen LogP contribution in [0.2, 0.25) is 0 Å². The second-order valence-electron chi connectivity index (χ2n) is 6.65. The zero-order valence-corrected chi connectivity index (χ0v) is 14.6. The Morgan fingerprint density at radius 2 is 2.24 bits per heavy atom. The number of morpholine rings is 1. The van der Waals surface area contributed by atoms with Crippen molar-refractivity contribution in [2.45, 2.75) is 31.9 Å². The number of carbonyl (C=O) groups excluding carboxylic acids is 1. The lowest BCUT2D eigenvalue weighted by Gasteiger charge is -2.41. The number of hydrogen-bond donors (Lipinski definition) is 1. The highest BCUT2D eigenvalue weighted by Crippen LogP contribution is 2.27. The number of ether oxygens (including phenoxy) is 1. The molecule has 2 atom stereocenters. The molecule has 0 radical (unpaired) electrons. The molecule has 134 valence electrons. The maximum Gasteiger partial charge on any atom is 0.244 e. The predicted octanol–water partition coefficient (Wildman–Crippen LogP) is 0.416. The van der Waals surface area contributed by atoms with Crippen LogP contribution in [0, 0.1) is 6.92 Å². The Labute approximate surface area is 146 Å². The van der Waals surface area contributed by atoms with Gasteiger partial charge in [0.05, 0.1) is 24.5 Å². The van der Waals surface area contributed by atoms with Crippen molar-refractivity contribution in [2.75, 3.05) is 31.1 Å². The first-order valence-electron chi connectivity index (χ1n) is 8.66. The highest BCUT2D eigenvalue weighted by atomic mass is 16.5. The lowest BCUT2D eigenvalue weighted by Crippen LogP contribution is -2.55. The van der Waals surface area contributed by atoms with Gasteiger partial charge >= 0.3 is 0 Å². The average molecular weight is 345 g/mol. The third-order valence-electron chi connectivity index (χ3n) is 4.85. The molecule has 1 N–H and O–H groups in total. The number of piperidine rings is 1. The van der Waals surface area contributed by atoms with Crippen LogP contribution in [0.15, 0.2) is 12.4 Å². The van der Waals surface area contributed by atoms with Crippen molar-refractivity contribution in [3.05, 3.63) is 24.0 Å². The smallest absolute Gasteiger partial charge is 0.244 e. The molecule has 2 aliphatic heterocycles. The highest BCUT2D eigenvalue weighted by Gasteiger charge is 2.37. The van der Waals surface area contributed by atoms with Crippen LogP contribution in [0.1, 0.15) is 30.6 Å². The van der Waals surface area contributed by atoms with Crippen LogP contribution in [0.25, 0.3) is 0 Å². The average Bonchev–Trinajstić information content (AvgIpc) is 3.24. The first kappa shape index (κ1) is 16.2. The molecule has 9 heteroatoms. The number of nitrogens with one attached hydrogen (secondary N) is 1. The zero-order valence-electron chi connectivity index (χ0n) is 14.6. The van der Waals surface area contributed by atoms with E-state index in [-0.39, 0.29) is 18.1 Å². The van der Waals surface area contributed by atoms with Gasteiger partial charge in [-0.3, -0.25) is 19.5 Å². The van der Waals surface area contributed by atoms with Gasteiger partial charge in [0.25, 0.3) is 0 Å². The van der Waals surface area contributed by atoms with Crippen LogP contribution in [-0.4, -0.2) is 68.1 Å². The Bertz CT molecular complexity index is 755. The van der Waals surface area contributed by atoms with E-state index in [1.54, 1.807) is 10.9 Å². The SMILES string of the molecule is Cc1nc([C@@H]2CN([C@@H]3CCCN(c4cnn(C)c4)C3=O)CCO2)n[nH]1. The summed E-state index contributed by atoms with van der Waals surface area (Å²) < 4.78 is 7.55. The molecular weight excluding hydrogens is 322 g/mol. The molecule has 0 saturated carbocycles. The number of aromatic nitrogens is 5. The summed E-state index contributed by atoms with van der Waals surface area (Å²) in [5.41, 5.74) is 0.867. The summed E-state index contributed by atoms with van der Waals surface area (Å²) in [6.07, 6.45) is 5.29. The van der Waals surface area contributed by atoms with Gasteiger partial charge < -0.3 is 9.64 Å². The molecule has 2 aromatic heterocycles. The number of aromatic amines is 1. The van der Waals surface area contributed by atoms with Gasteiger partial charge in [-0.15, -0.1) is 0 Å². The van der Waals surface area contributed by atoms with Crippen molar-refractivity contribution in [1.82, 2.24) is 29.9 Å². The first-order valence-corrected chi connectivity index (χ1v) is 8.66. The maximum atomic E-state index is 13.1. The van der Waals surface area contributed by atoms with Crippen LogP contribution in [0.5, 0.6) is 0 Å². The molecule has 0 spiro atoms. The first-order chi connectivity index (χ1) is 12.1. The minimum Gasteiger partial charge on any atom is -0.367 e. The van der Waals surface area contributed by atoms with Crippen molar-refractivity contribution in [1.29, 1.82) is 0 Å². The minimum atomic E-state index is -0.194. The number of nitrogens with zero attached hydrogens (tertiary/aromatic N) is 6. The second-order valence-corrected chi connectivity index (χ2v) is 6.65. The number of rotatable bonds is 3. The van der Waals surface area contributed by atoms with E-state index in [0.717, 1.165) is 37.4 Å². The number of amides is 1. The Kier molecular flexibility index (Phi) is 4.26. The van der Waals surface area contributed by atoms with E-state index in [1.807, 2.05) is 25.1 Å². The van der Waals surface area contributed by atoms with E-state index in [2.05, 4.69) is 25.2 Å². The molecule has 2 aliphatic rings. The Balaban J connectivity index is 1.49. The van der Waals surface area contributed by atoms with Crippen molar-refractivity contribution in [3.8, 4) is 0 Å². The van der Waals surface area contributed by atoms with Crippen LogP contribution in [0.4, 0.5) is 5.69 Å². The quantitative estimate of drug-likeness (QED) is 0.866. The third kappa shape index (κ3) is 3.16. The molecule has 4 heterocycles. The molecule has 2 aromatic rings. The van der Waals surface area contributed by atoms with Gasteiger partial charge in [0.15, 0.2) is 5.82 Å². The molecule has 1 amide bonds. The van der Waals surface area contributed by atoms with E-state index in [9.17, 15) is 4.79 Å². The summed E-state index contributed by atoms with van der Waals surface area (Å²) in [6.45, 7) is 4.57. The van der Waals surface area contributed by atoms with E-state index in [0.29, 0.717) is 19.0 Å². The molecule has 4 rings (SSSR count). The Morgan fingerprint density at radius 1 is 1.36 bits per heavy atom. The molecule has 2 saturated heterocycles. The minimum absolute atomic E-state index is 0.125. The molecule has 0 bridgehead atoms. The van der Waals surface area contributed by atoms with Crippen LogP contribution in [0.3, 0.4) is 0 Å². The standard InChI is InChI=1S/C16H23N7O2/c1-11-18-15(20-19-11)14-10-22(6-7-25-14)13-4-3-5-23(16(13)24)12-8-17-21(2)9-12/h8-9,13-14H,3-7,10H2,1-2H3,(H,18,19,20)/t13-,14+/m1/s1. The highest BCUT2D eigenvalue weighted by molar-refractivity contribution is 5.97. The maximum absolute atomic E-state index is 13.1. The molecule has 0 unspecified atom stereocenters. The van der Waals surface area contributed by atoms with Gasteiger partial charge in [-0.25, -0.2) is 4.98 Å². The van der Waals surface area contributed by atoms with E-state index in [4.69, 9.17) is 4.74 Å². The van der Waals surface area contributed by atoms with Crippen LogP contribution >= 0.6 is 0 Å². The van der Waals surface area contributed by atoms with Gasteiger partial charge in [-0.2, -0.15) is 10.2 Å². The number of aryl methyl sites for hydroxylation is 2. The van der Waals surface area contributed by atoms with Gasteiger partial charge in [0.2, 0.25) is 5.91 Å².